The molecule has 6 nitrogen and oxygen atoms in total. The van der Waals surface area contributed by atoms with E-state index in [1.807, 2.05) is 38.3 Å². The van der Waals surface area contributed by atoms with Crippen molar-refractivity contribution in [1.29, 1.82) is 0 Å². The normalized spacial score (nSPS) is 17.9. The highest BCUT2D eigenvalue weighted by molar-refractivity contribution is 7.10. The molecule has 0 saturated carbocycles. The zero-order valence-electron chi connectivity index (χ0n) is 14.4. The van der Waals surface area contributed by atoms with Crippen LogP contribution in [0.25, 0.3) is 0 Å². The Morgan fingerprint density at radius 3 is 2.58 bits per heavy atom. The predicted octanol–water partition coefficient (Wildman–Crippen LogP) is 1.17. The maximum atomic E-state index is 12.2. The molecule has 0 spiro atoms. The molecule has 1 aliphatic rings. The van der Waals surface area contributed by atoms with E-state index in [9.17, 15) is 14.4 Å². The lowest BCUT2D eigenvalue weighted by atomic mass is 10.1. The molecule has 2 rings (SSSR count). The van der Waals surface area contributed by atoms with Gasteiger partial charge in [0.1, 0.15) is 0 Å². The van der Waals surface area contributed by atoms with Crippen LogP contribution < -0.4 is 10.6 Å². The third-order valence-corrected chi connectivity index (χ3v) is 4.84. The molecule has 7 heteroatoms. The fraction of sp³-hybridized carbons (Fsp3) is 0.588. The van der Waals surface area contributed by atoms with Gasteiger partial charge in [-0.05, 0) is 32.2 Å². The van der Waals surface area contributed by atoms with E-state index < -0.39 is 0 Å². The Balaban J connectivity index is 1.67. The number of amides is 3. The number of carbonyl (C=O) groups excluding carboxylic acids is 3. The fourth-order valence-electron chi connectivity index (χ4n) is 2.70. The van der Waals surface area contributed by atoms with Gasteiger partial charge in [0.05, 0.1) is 12.3 Å². The molecule has 1 fully saturated rings. The van der Waals surface area contributed by atoms with Gasteiger partial charge in [-0.2, -0.15) is 0 Å². The van der Waals surface area contributed by atoms with Gasteiger partial charge >= 0.3 is 0 Å². The largest absolute Gasteiger partial charge is 0.354 e. The summed E-state index contributed by atoms with van der Waals surface area (Å²) < 4.78 is 0. The fourth-order valence-corrected chi connectivity index (χ4v) is 3.40. The lowest BCUT2D eigenvalue weighted by Crippen LogP contribution is -2.43. The number of nitrogens with one attached hydrogen (secondary N) is 2. The number of nitrogens with zero attached hydrogens (tertiary/aromatic N) is 1. The molecule has 3 amide bonds. The van der Waals surface area contributed by atoms with Crippen LogP contribution in [-0.4, -0.2) is 47.8 Å². The summed E-state index contributed by atoms with van der Waals surface area (Å²) >= 11 is 1.55. The second kappa shape index (κ2) is 7.79. The zero-order valence-corrected chi connectivity index (χ0v) is 15.2. The van der Waals surface area contributed by atoms with Crippen molar-refractivity contribution in [3.8, 4) is 0 Å². The molecule has 24 heavy (non-hydrogen) atoms. The molecule has 2 heterocycles. The monoisotopic (exact) mass is 351 g/mol. The smallest absolute Gasteiger partial charge is 0.225 e. The first-order chi connectivity index (χ1) is 11.3. The minimum Gasteiger partial charge on any atom is -0.354 e. The Kier molecular flexibility index (Phi) is 5.99. The Bertz CT molecular complexity index is 593. The first kappa shape index (κ1) is 18.4. The van der Waals surface area contributed by atoms with E-state index in [2.05, 4.69) is 10.6 Å². The minimum atomic E-state index is -0.307. The van der Waals surface area contributed by atoms with Gasteiger partial charge in [0.15, 0.2) is 0 Å². The molecule has 1 atom stereocenters. The number of hydrogen-bond acceptors (Lipinski definition) is 4. The van der Waals surface area contributed by atoms with Crippen LogP contribution in [0.5, 0.6) is 0 Å². The molecule has 0 aromatic carbocycles. The molecular weight excluding hydrogens is 326 g/mol. The summed E-state index contributed by atoms with van der Waals surface area (Å²) in [6.07, 6.45) is 0.622. The molecule has 2 N–H and O–H groups in total. The van der Waals surface area contributed by atoms with Gasteiger partial charge in [-0.1, -0.05) is 6.07 Å². The van der Waals surface area contributed by atoms with Gasteiger partial charge in [0, 0.05) is 36.5 Å². The average molecular weight is 351 g/mol. The third-order valence-electron chi connectivity index (χ3n) is 3.97. The van der Waals surface area contributed by atoms with Crippen molar-refractivity contribution >= 4 is 29.1 Å². The van der Waals surface area contributed by atoms with Gasteiger partial charge in [-0.25, -0.2) is 0 Å². The van der Waals surface area contributed by atoms with Crippen molar-refractivity contribution in [2.24, 2.45) is 5.92 Å². The highest BCUT2D eigenvalue weighted by atomic mass is 32.1. The first-order valence-electron chi connectivity index (χ1n) is 8.14. The highest BCUT2D eigenvalue weighted by Gasteiger charge is 2.39. The summed E-state index contributed by atoms with van der Waals surface area (Å²) in [5, 5.41) is 7.52. The Morgan fingerprint density at radius 1 is 1.29 bits per heavy atom. The number of hydrogen-bond donors (Lipinski definition) is 2. The van der Waals surface area contributed by atoms with Crippen molar-refractivity contribution in [3.05, 3.63) is 22.4 Å². The van der Waals surface area contributed by atoms with Gasteiger partial charge in [-0.15, -0.1) is 11.3 Å². The third kappa shape index (κ3) is 5.06. The topological polar surface area (TPSA) is 78.5 Å². The number of thiophene rings is 1. The molecule has 1 aliphatic heterocycles. The molecule has 0 aliphatic carbocycles. The predicted molar refractivity (Wildman–Crippen MR) is 93.6 cm³/mol. The van der Waals surface area contributed by atoms with Crippen molar-refractivity contribution in [2.75, 3.05) is 19.6 Å². The van der Waals surface area contributed by atoms with Crippen LogP contribution in [0.4, 0.5) is 0 Å². The maximum Gasteiger partial charge on any atom is 0.225 e. The lowest BCUT2D eigenvalue weighted by molar-refractivity contribution is -0.132. The quantitative estimate of drug-likeness (QED) is 0.755. The van der Waals surface area contributed by atoms with Crippen LogP contribution in [0.3, 0.4) is 0 Å². The van der Waals surface area contributed by atoms with Crippen molar-refractivity contribution < 1.29 is 14.4 Å². The second-order valence-electron chi connectivity index (χ2n) is 6.97. The molecule has 1 aromatic rings. The van der Waals surface area contributed by atoms with Crippen LogP contribution in [0.1, 0.15) is 32.1 Å². The average Bonchev–Trinajstić information content (AvgIpc) is 3.12. The van der Waals surface area contributed by atoms with E-state index in [1.54, 1.807) is 16.2 Å². The van der Waals surface area contributed by atoms with E-state index in [0.717, 1.165) is 4.88 Å². The number of carbonyl (C=O) groups is 3. The molecule has 132 valence electrons. The van der Waals surface area contributed by atoms with E-state index >= 15 is 0 Å². The second-order valence-corrected chi connectivity index (χ2v) is 8.01. The first-order valence-corrected chi connectivity index (χ1v) is 9.02. The van der Waals surface area contributed by atoms with E-state index in [1.165, 1.54) is 0 Å². The molecule has 1 aromatic heterocycles. The lowest BCUT2D eigenvalue weighted by Gasteiger charge is -2.31. The molecule has 0 radical (unpaired) electrons. The van der Waals surface area contributed by atoms with Crippen molar-refractivity contribution in [1.82, 2.24) is 15.5 Å². The summed E-state index contributed by atoms with van der Waals surface area (Å²) in [5.74, 6) is -0.463. The van der Waals surface area contributed by atoms with Crippen LogP contribution in [-0.2, 0) is 20.8 Å². The summed E-state index contributed by atoms with van der Waals surface area (Å²) in [4.78, 5) is 38.7. The SMILES string of the molecule is CC(C)(C)N1CC(C(=O)NCCNC(=O)Cc2cccs2)CC1=O. The number of rotatable bonds is 6. The summed E-state index contributed by atoms with van der Waals surface area (Å²) in [6, 6.07) is 3.83. The summed E-state index contributed by atoms with van der Waals surface area (Å²) in [5.41, 5.74) is -0.262. The summed E-state index contributed by atoms with van der Waals surface area (Å²) in [6.45, 7) is 7.12. The van der Waals surface area contributed by atoms with Crippen molar-refractivity contribution in [2.45, 2.75) is 39.2 Å². The number of likely N-dealkylation sites (tertiary alicyclic amines) is 1. The Morgan fingerprint density at radius 2 is 2.00 bits per heavy atom. The van der Waals surface area contributed by atoms with Crippen LogP contribution >= 0.6 is 11.3 Å². The van der Waals surface area contributed by atoms with E-state index in [0.29, 0.717) is 26.1 Å². The Labute approximate surface area is 146 Å². The van der Waals surface area contributed by atoms with E-state index in [-0.39, 0.29) is 35.6 Å². The van der Waals surface area contributed by atoms with Crippen LogP contribution in [0, 0.1) is 5.92 Å². The summed E-state index contributed by atoms with van der Waals surface area (Å²) in [7, 11) is 0. The maximum absolute atomic E-state index is 12.2. The van der Waals surface area contributed by atoms with Crippen molar-refractivity contribution in [3.63, 3.8) is 0 Å². The van der Waals surface area contributed by atoms with Gasteiger partial charge in [0.25, 0.3) is 0 Å². The zero-order chi connectivity index (χ0) is 17.7. The van der Waals surface area contributed by atoms with Crippen LogP contribution in [0.15, 0.2) is 17.5 Å². The van der Waals surface area contributed by atoms with Gasteiger partial charge in [-0.3, -0.25) is 14.4 Å². The van der Waals surface area contributed by atoms with Gasteiger partial charge < -0.3 is 15.5 Å². The van der Waals surface area contributed by atoms with Gasteiger partial charge in [0.2, 0.25) is 17.7 Å². The molecule has 0 bridgehead atoms. The minimum absolute atomic E-state index is 0.0203. The van der Waals surface area contributed by atoms with E-state index in [4.69, 9.17) is 0 Å². The highest BCUT2D eigenvalue weighted by Crippen LogP contribution is 2.25. The molecule has 1 saturated heterocycles. The molecule has 1 unspecified atom stereocenters. The van der Waals surface area contributed by atoms with Crippen LogP contribution in [0.2, 0.25) is 0 Å². The standard InChI is InChI=1S/C17H25N3O3S/c1-17(2,3)20-11-12(9-15(20)22)16(23)19-7-6-18-14(21)10-13-5-4-8-24-13/h4-5,8,12H,6-7,9-11H2,1-3H3,(H,18,21)(H,19,23). The Hall–Kier alpha value is -1.89. The molecular formula is C17H25N3O3S.